The molecule has 0 N–H and O–H groups in total. The number of carbonyl (C=O) groups is 3. The average molecular weight is 472 g/mol. The molecular weight excluding hydrogens is 449 g/mol. The number of ketones is 1. The zero-order valence-corrected chi connectivity index (χ0v) is 18.8. The van der Waals surface area contributed by atoms with Gasteiger partial charge in [0.25, 0.3) is 11.1 Å². The molecule has 2 heterocycles. The first-order valence-electron chi connectivity index (χ1n) is 10.4. The fourth-order valence-electron chi connectivity index (χ4n) is 3.49. The van der Waals surface area contributed by atoms with Crippen molar-refractivity contribution in [3.05, 3.63) is 53.8 Å². The van der Waals surface area contributed by atoms with Crippen molar-refractivity contribution in [2.75, 3.05) is 43.4 Å². The third-order valence-electron chi connectivity index (χ3n) is 5.27. The van der Waals surface area contributed by atoms with E-state index in [1.165, 1.54) is 13.0 Å². The summed E-state index contributed by atoms with van der Waals surface area (Å²) in [7, 11) is 0. The van der Waals surface area contributed by atoms with Gasteiger partial charge >= 0.3 is 5.97 Å². The van der Waals surface area contributed by atoms with Crippen molar-refractivity contribution >= 4 is 46.2 Å². The predicted molar refractivity (Wildman–Crippen MR) is 121 cm³/mol. The van der Waals surface area contributed by atoms with Crippen LogP contribution in [0.4, 0.5) is 10.1 Å². The fourth-order valence-corrected chi connectivity index (χ4v) is 4.12. The van der Waals surface area contributed by atoms with E-state index in [2.05, 4.69) is 4.98 Å². The van der Waals surface area contributed by atoms with E-state index in [4.69, 9.17) is 9.15 Å². The molecule has 1 aliphatic rings. The standard InChI is InChI=1S/C23H22FN3O5S/c1-15(28)16-6-7-19(17(24)12-16)26-8-10-27(11-9-26)21(29)13-31-22(30)14-33-23-25-18-4-2-3-5-20(18)32-23/h2-7,12H,8-11,13-14H2,1H3. The SMILES string of the molecule is CC(=O)c1ccc(N2CCN(C(=O)COC(=O)CSc3nc4ccccc4o3)CC2)c(F)c1. The molecule has 33 heavy (non-hydrogen) atoms. The Morgan fingerprint density at radius 3 is 2.58 bits per heavy atom. The molecule has 0 unspecified atom stereocenters. The zero-order valence-electron chi connectivity index (χ0n) is 18.0. The number of carbonyl (C=O) groups excluding carboxylic acids is 3. The maximum Gasteiger partial charge on any atom is 0.316 e. The molecule has 3 aromatic rings. The molecule has 1 amide bonds. The van der Waals surface area contributed by atoms with E-state index >= 15 is 0 Å². The Kier molecular flexibility index (Phi) is 6.93. The minimum absolute atomic E-state index is 0.0244. The Bertz CT molecular complexity index is 1160. The van der Waals surface area contributed by atoms with Gasteiger partial charge in [0.05, 0.1) is 5.69 Å². The normalized spacial score (nSPS) is 13.9. The van der Waals surface area contributed by atoms with Crippen molar-refractivity contribution in [1.82, 2.24) is 9.88 Å². The molecule has 4 rings (SSSR count). The molecule has 172 valence electrons. The molecule has 1 aliphatic heterocycles. The second-order valence-corrected chi connectivity index (χ2v) is 8.41. The molecule has 2 aromatic carbocycles. The second kappa shape index (κ2) is 10.0. The molecule has 0 radical (unpaired) electrons. The number of fused-ring (bicyclic) bond motifs is 1. The van der Waals surface area contributed by atoms with Gasteiger partial charge in [-0.3, -0.25) is 14.4 Å². The van der Waals surface area contributed by atoms with Gasteiger partial charge in [0.2, 0.25) is 0 Å². The van der Waals surface area contributed by atoms with Gasteiger partial charge in [-0.25, -0.2) is 9.37 Å². The first kappa shape index (κ1) is 22.8. The number of hydrogen-bond donors (Lipinski definition) is 0. The maximum atomic E-state index is 14.4. The Hall–Kier alpha value is -3.40. The van der Waals surface area contributed by atoms with Crippen LogP contribution in [0.5, 0.6) is 0 Å². The highest BCUT2D eigenvalue weighted by atomic mass is 32.2. The minimum Gasteiger partial charge on any atom is -0.455 e. The predicted octanol–water partition coefficient (Wildman–Crippen LogP) is 3.15. The van der Waals surface area contributed by atoms with Crippen LogP contribution < -0.4 is 4.90 Å². The Balaban J connectivity index is 1.21. The van der Waals surface area contributed by atoms with Crippen molar-refractivity contribution in [3.63, 3.8) is 0 Å². The number of aromatic nitrogens is 1. The number of amides is 1. The number of oxazole rings is 1. The van der Waals surface area contributed by atoms with Crippen LogP contribution in [0.2, 0.25) is 0 Å². The molecule has 0 spiro atoms. The number of ether oxygens (including phenoxy) is 1. The lowest BCUT2D eigenvalue weighted by Gasteiger charge is -2.36. The molecule has 1 aromatic heterocycles. The minimum atomic E-state index is -0.540. The van der Waals surface area contributed by atoms with Crippen LogP contribution in [0.15, 0.2) is 52.1 Å². The van der Waals surface area contributed by atoms with Crippen LogP contribution in [0.3, 0.4) is 0 Å². The molecule has 0 atom stereocenters. The summed E-state index contributed by atoms with van der Waals surface area (Å²) in [6.45, 7) is 2.66. The highest BCUT2D eigenvalue weighted by Gasteiger charge is 2.24. The van der Waals surface area contributed by atoms with Gasteiger partial charge in [-0.15, -0.1) is 0 Å². The van der Waals surface area contributed by atoms with Gasteiger partial charge in [-0.1, -0.05) is 23.9 Å². The monoisotopic (exact) mass is 471 g/mol. The van der Waals surface area contributed by atoms with Crippen molar-refractivity contribution < 1.29 is 27.9 Å². The lowest BCUT2D eigenvalue weighted by Crippen LogP contribution is -2.50. The number of anilines is 1. The number of esters is 1. The summed E-state index contributed by atoms with van der Waals surface area (Å²) >= 11 is 1.10. The number of benzene rings is 2. The highest BCUT2D eigenvalue weighted by molar-refractivity contribution is 7.99. The Morgan fingerprint density at radius 1 is 1.12 bits per heavy atom. The van der Waals surface area contributed by atoms with Crippen molar-refractivity contribution in [3.8, 4) is 0 Å². The van der Waals surface area contributed by atoms with Crippen molar-refractivity contribution in [2.24, 2.45) is 0 Å². The fraction of sp³-hybridized carbons (Fsp3) is 0.304. The summed E-state index contributed by atoms with van der Waals surface area (Å²) in [5.41, 5.74) is 2.06. The van der Waals surface area contributed by atoms with E-state index in [1.807, 2.05) is 23.1 Å². The number of halogens is 1. The van der Waals surface area contributed by atoms with Gasteiger partial charge in [0.1, 0.15) is 17.1 Å². The van der Waals surface area contributed by atoms with Crippen LogP contribution in [0.1, 0.15) is 17.3 Å². The van der Waals surface area contributed by atoms with Crippen LogP contribution in [-0.4, -0.2) is 66.1 Å². The number of para-hydroxylation sites is 2. The Labute approximate surface area is 193 Å². The number of nitrogens with zero attached hydrogens (tertiary/aromatic N) is 3. The van der Waals surface area contributed by atoms with Gasteiger partial charge in [-0.05, 0) is 37.3 Å². The number of Topliss-reactive ketones (excluding diaryl/α,β-unsaturated/α-hetero) is 1. The average Bonchev–Trinajstić information content (AvgIpc) is 3.24. The van der Waals surface area contributed by atoms with Crippen LogP contribution in [0, 0.1) is 5.82 Å². The summed E-state index contributed by atoms with van der Waals surface area (Å²) in [6.07, 6.45) is 0. The zero-order chi connectivity index (χ0) is 23.4. The largest absolute Gasteiger partial charge is 0.455 e. The smallest absolute Gasteiger partial charge is 0.316 e. The quantitative estimate of drug-likeness (QED) is 0.295. The molecule has 8 nitrogen and oxygen atoms in total. The van der Waals surface area contributed by atoms with Gasteiger partial charge in [-0.2, -0.15) is 0 Å². The van der Waals surface area contributed by atoms with Gasteiger partial charge < -0.3 is 19.0 Å². The third-order valence-corrected chi connectivity index (χ3v) is 6.07. The summed E-state index contributed by atoms with van der Waals surface area (Å²) in [4.78, 5) is 43.5. The van der Waals surface area contributed by atoms with E-state index in [9.17, 15) is 18.8 Å². The van der Waals surface area contributed by atoms with E-state index in [-0.39, 0.29) is 24.1 Å². The highest BCUT2D eigenvalue weighted by Crippen LogP contribution is 2.24. The molecule has 0 aliphatic carbocycles. The van der Waals surface area contributed by atoms with E-state index in [0.29, 0.717) is 53.8 Å². The van der Waals surface area contributed by atoms with Crippen molar-refractivity contribution in [2.45, 2.75) is 12.1 Å². The van der Waals surface area contributed by atoms with Crippen LogP contribution in [0.25, 0.3) is 11.1 Å². The van der Waals surface area contributed by atoms with Gasteiger partial charge in [0.15, 0.2) is 18.0 Å². The Morgan fingerprint density at radius 2 is 1.88 bits per heavy atom. The van der Waals surface area contributed by atoms with Gasteiger partial charge in [0, 0.05) is 31.7 Å². The summed E-state index contributed by atoms with van der Waals surface area (Å²) in [5.74, 6) is -1.53. The van der Waals surface area contributed by atoms with E-state index in [0.717, 1.165) is 11.8 Å². The molecule has 10 heteroatoms. The van der Waals surface area contributed by atoms with Crippen LogP contribution in [-0.2, 0) is 14.3 Å². The van der Waals surface area contributed by atoms with Crippen LogP contribution >= 0.6 is 11.8 Å². The number of piperazine rings is 1. The first-order valence-corrected chi connectivity index (χ1v) is 11.4. The third kappa shape index (κ3) is 5.51. The van der Waals surface area contributed by atoms with E-state index < -0.39 is 11.8 Å². The summed E-state index contributed by atoms with van der Waals surface area (Å²) in [6, 6.07) is 11.7. The lowest BCUT2D eigenvalue weighted by atomic mass is 10.1. The lowest BCUT2D eigenvalue weighted by molar-refractivity contribution is -0.150. The first-order chi connectivity index (χ1) is 15.9. The van der Waals surface area contributed by atoms with E-state index in [1.54, 1.807) is 23.1 Å². The number of hydrogen-bond acceptors (Lipinski definition) is 8. The summed E-state index contributed by atoms with van der Waals surface area (Å²) < 4.78 is 25.0. The molecular formula is C23H22FN3O5S. The summed E-state index contributed by atoms with van der Waals surface area (Å²) in [5, 5.41) is 0.360. The maximum absolute atomic E-state index is 14.4. The molecule has 0 saturated carbocycles. The number of rotatable bonds is 7. The topological polar surface area (TPSA) is 93.0 Å². The van der Waals surface area contributed by atoms with Crippen molar-refractivity contribution in [1.29, 1.82) is 0 Å². The molecule has 1 saturated heterocycles. The molecule has 0 bridgehead atoms. The molecule has 1 fully saturated rings. The second-order valence-electron chi connectivity index (χ2n) is 7.49. The number of thioether (sulfide) groups is 1.